The molecule has 0 bridgehead atoms. The molecule has 0 aliphatic carbocycles. The number of thiocarbonyl (C=S) groups is 1. The quantitative estimate of drug-likeness (QED) is 0.750. The maximum absolute atomic E-state index is 13.0. The SMILES string of the molecule is CC1=C(C(=O)N2CCOCC2)C(c2ccc(Br)cc2)NC(=S)N1. The molecule has 3 rings (SSSR count). The largest absolute Gasteiger partial charge is 0.378 e. The second-order valence-corrected chi connectivity index (χ2v) is 6.85. The highest BCUT2D eigenvalue weighted by atomic mass is 79.9. The second-order valence-electron chi connectivity index (χ2n) is 5.53. The van der Waals surface area contributed by atoms with Gasteiger partial charge in [0.1, 0.15) is 0 Å². The van der Waals surface area contributed by atoms with Crippen LogP contribution in [0.25, 0.3) is 0 Å². The molecule has 1 amide bonds. The van der Waals surface area contributed by atoms with E-state index in [1.807, 2.05) is 36.1 Å². The zero-order chi connectivity index (χ0) is 16.4. The molecule has 1 unspecified atom stereocenters. The van der Waals surface area contributed by atoms with E-state index in [1.54, 1.807) is 0 Å². The fourth-order valence-electron chi connectivity index (χ4n) is 2.82. The Morgan fingerprint density at radius 1 is 1.30 bits per heavy atom. The molecule has 1 atom stereocenters. The first-order valence-corrected chi connectivity index (χ1v) is 8.67. The number of halogens is 1. The summed E-state index contributed by atoms with van der Waals surface area (Å²) in [5, 5.41) is 6.83. The maximum atomic E-state index is 13.0. The van der Waals surface area contributed by atoms with Crippen molar-refractivity contribution in [3.63, 3.8) is 0 Å². The first-order valence-electron chi connectivity index (χ1n) is 7.47. The Labute approximate surface area is 149 Å². The van der Waals surface area contributed by atoms with Crippen molar-refractivity contribution in [2.24, 2.45) is 0 Å². The number of ether oxygens (including phenoxy) is 1. The molecular formula is C16H18BrN3O2S. The molecule has 7 heteroatoms. The molecule has 5 nitrogen and oxygen atoms in total. The van der Waals surface area contributed by atoms with E-state index in [0.717, 1.165) is 15.7 Å². The van der Waals surface area contributed by atoms with Gasteiger partial charge in [0.15, 0.2) is 5.11 Å². The molecule has 0 saturated carbocycles. The third kappa shape index (κ3) is 3.57. The summed E-state index contributed by atoms with van der Waals surface area (Å²) in [5.74, 6) is 0.0289. The van der Waals surface area contributed by atoms with Gasteiger partial charge in [0.2, 0.25) is 0 Å². The highest BCUT2D eigenvalue weighted by molar-refractivity contribution is 9.10. The van der Waals surface area contributed by atoms with Gasteiger partial charge in [-0.05, 0) is 36.8 Å². The summed E-state index contributed by atoms with van der Waals surface area (Å²) >= 11 is 8.71. The van der Waals surface area contributed by atoms with Gasteiger partial charge in [0.25, 0.3) is 5.91 Å². The minimum Gasteiger partial charge on any atom is -0.378 e. The molecule has 2 aliphatic rings. The first kappa shape index (κ1) is 16.4. The molecule has 2 N–H and O–H groups in total. The van der Waals surface area contributed by atoms with Gasteiger partial charge in [-0.15, -0.1) is 0 Å². The van der Waals surface area contributed by atoms with Crippen molar-refractivity contribution in [2.45, 2.75) is 13.0 Å². The lowest BCUT2D eigenvalue weighted by Crippen LogP contribution is -2.49. The molecule has 1 aromatic carbocycles. The van der Waals surface area contributed by atoms with Gasteiger partial charge in [0, 0.05) is 23.3 Å². The number of benzene rings is 1. The van der Waals surface area contributed by atoms with Crippen LogP contribution < -0.4 is 10.6 Å². The summed E-state index contributed by atoms with van der Waals surface area (Å²) in [6.07, 6.45) is 0. The fourth-order valence-corrected chi connectivity index (χ4v) is 3.35. The van der Waals surface area contributed by atoms with Crippen molar-refractivity contribution in [3.8, 4) is 0 Å². The topological polar surface area (TPSA) is 53.6 Å². The predicted molar refractivity (Wildman–Crippen MR) is 95.9 cm³/mol. The standard InChI is InChI=1S/C16H18BrN3O2S/c1-10-13(15(21)20-6-8-22-9-7-20)14(19-16(23)18-10)11-2-4-12(17)5-3-11/h2-5,14H,6-9H2,1H3,(H2,18,19,23). The first-order chi connectivity index (χ1) is 11.1. The van der Waals surface area contributed by atoms with E-state index in [2.05, 4.69) is 26.6 Å². The van der Waals surface area contributed by atoms with Gasteiger partial charge < -0.3 is 20.3 Å². The smallest absolute Gasteiger partial charge is 0.254 e. The maximum Gasteiger partial charge on any atom is 0.254 e. The van der Waals surface area contributed by atoms with E-state index in [0.29, 0.717) is 37.0 Å². The molecule has 2 heterocycles. The summed E-state index contributed by atoms with van der Waals surface area (Å²) < 4.78 is 6.34. The van der Waals surface area contributed by atoms with Gasteiger partial charge in [-0.2, -0.15) is 0 Å². The Kier molecular flexibility index (Phi) is 4.99. The van der Waals surface area contributed by atoms with E-state index in [9.17, 15) is 4.79 Å². The summed E-state index contributed by atoms with van der Waals surface area (Å²) in [7, 11) is 0. The van der Waals surface area contributed by atoms with E-state index in [-0.39, 0.29) is 11.9 Å². The number of allylic oxidation sites excluding steroid dienone is 1. The molecule has 0 spiro atoms. The van der Waals surface area contributed by atoms with Crippen molar-refractivity contribution in [1.82, 2.24) is 15.5 Å². The molecule has 1 fully saturated rings. The highest BCUT2D eigenvalue weighted by Gasteiger charge is 2.32. The number of rotatable bonds is 2. The third-order valence-electron chi connectivity index (χ3n) is 4.00. The third-order valence-corrected chi connectivity index (χ3v) is 4.75. The van der Waals surface area contributed by atoms with Crippen LogP contribution in [0.15, 0.2) is 40.0 Å². The van der Waals surface area contributed by atoms with Crippen LogP contribution in [0, 0.1) is 0 Å². The summed E-state index contributed by atoms with van der Waals surface area (Å²) in [5.41, 5.74) is 2.52. The number of carbonyl (C=O) groups is 1. The Hall–Kier alpha value is -1.44. The Morgan fingerprint density at radius 2 is 1.96 bits per heavy atom. The highest BCUT2D eigenvalue weighted by Crippen LogP contribution is 2.29. The lowest BCUT2D eigenvalue weighted by Gasteiger charge is -2.34. The fraction of sp³-hybridized carbons (Fsp3) is 0.375. The van der Waals surface area contributed by atoms with Crippen LogP contribution in [-0.4, -0.2) is 42.2 Å². The van der Waals surface area contributed by atoms with Crippen molar-refractivity contribution in [1.29, 1.82) is 0 Å². The van der Waals surface area contributed by atoms with Gasteiger partial charge >= 0.3 is 0 Å². The Bertz CT molecular complexity index is 654. The molecular weight excluding hydrogens is 378 g/mol. The molecule has 0 radical (unpaired) electrons. The van der Waals surface area contributed by atoms with Crippen LogP contribution in [0.5, 0.6) is 0 Å². The van der Waals surface area contributed by atoms with E-state index < -0.39 is 0 Å². The number of nitrogens with zero attached hydrogens (tertiary/aromatic N) is 1. The zero-order valence-electron chi connectivity index (χ0n) is 12.8. The van der Waals surface area contributed by atoms with Crippen molar-refractivity contribution in [2.75, 3.05) is 26.3 Å². The van der Waals surface area contributed by atoms with Gasteiger partial charge in [-0.25, -0.2) is 0 Å². The lowest BCUT2D eigenvalue weighted by molar-refractivity contribution is -0.131. The molecule has 23 heavy (non-hydrogen) atoms. The number of hydrogen-bond donors (Lipinski definition) is 2. The van der Waals surface area contributed by atoms with Crippen LogP contribution in [0.1, 0.15) is 18.5 Å². The van der Waals surface area contributed by atoms with Gasteiger partial charge in [-0.3, -0.25) is 4.79 Å². The van der Waals surface area contributed by atoms with Crippen LogP contribution in [0.4, 0.5) is 0 Å². The second kappa shape index (κ2) is 6.98. The van der Waals surface area contributed by atoms with Crippen LogP contribution in [0.3, 0.4) is 0 Å². The zero-order valence-corrected chi connectivity index (χ0v) is 15.2. The molecule has 0 aromatic heterocycles. The Morgan fingerprint density at radius 3 is 2.61 bits per heavy atom. The average Bonchev–Trinajstić information content (AvgIpc) is 2.55. The normalized spacial score (nSPS) is 21.7. The number of amides is 1. The summed E-state index contributed by atoms with van der Waals surface area (Å²) in [6, 6.07) is 7.68. The van der Waals surface area contributed by atoms with Crippen molar-refractivity contribution in [3.05, 3.63) is 45.6 Å². The van der Waals surface area contributed by atoms with Crippen molar-refractivity contribution >= 4 is 39.2 Å². The van der Waals surface area contributed by atoms with E-state index >= 15 is 0 Å². The van der Waals surface area contributed by atoms with Crippen LogP contribution in [-0.2, 0) is 9.53 Å². The van der Waals surface area contributed by atoms with Crippen molar-refractivity contribution < 1.29 is 9.53 Å². The Balaban J connectivity index is 1.95. The minimum atomic E-state index is -0.243. The van der Waals surface area contributed by atoms with E-state index in [1.165, 1.54) is 0 Å². The van der Waals surface area contributed by atoms with Gasteiger partial charge in [0.05, 0.1) is 24.8 Å². The average molecular weight is 396 g/mol. The number of hydrogen-bond acceptors (Lipinski definition) is 3. The molecule has 122 valence electrons. The monoisotopic (exact) mass is 395 g/mol. The van der Waals surface area contributed by atoms with E-state index in [4.69, 9.17) is 17.0 Å². The molecule has 1 aromatic rings. The van der Waals surface area contributed by atoms with Gasteiger partial charge in [-0.1, -0.05) is 28.1 Å². The predicted octanol–water partition coefficient (Wildman–Crippen LogP) is 2.10. The number of carbonyl (C=O) groups excluding carboxylic acids is 1. The number of morpholine rings is 1. The van der Waals surface area contributed by atoms with Crippen LogP contribution >= 0.6 is 28.1 Å². The van der Waals surface area contributed by atoms with Crippen LogP contribution in [0.2, 0.25) is 0 Å². The summed E-state index contributed by atoms with van der Waals surface area (Å²) in [4.78, 5) is 14.8. The lowest BCUT2D eigenvalue weighted by atomic mass is 9.94. The summed E-state index contributed by atoms with van der Waals surface area (Å²) in [6.45, 7) is 4.30. The number of nitrogens with one attached hydrogen (secondary N) is 2. The minimum absolute atomic E-state index is 0.0289. The molecule has 2 aliphatic heterocycles. The molecule has 1 saturated heterocycles.